The van der Waals surface area contributed by atoms with E-state index in [1.807, 2.05) is 13.8 Å². The zero-order valence-electron chi connectivity index (χ0n) is 12.2. The molecule has 5 heteroatoms. The topological polar surface area (TPSA) is 24.5 Å². The number of hydrogen-bond acceptors (Lipinski definition) is 3. The van der Waals surface area contributed by atoms with Crippen molar-refractivity contribution in [2.75, 3.05) is 25.1 Å². The van der Waals surface area contributed by atoms with E-state index in [1.165, 1.54) is 12.1 Å². The molecular weight excluding hydrogens is 262 g/mol. The zero-order chi connectivity index (χ0) is 14.7. The zero-order valence-corrected chi connectivity index (χ0v) is 12.2. The molecule has 1 unspecified atom stereocenters. The Labute approximate surface area is 118 Å². The number of methoxy groups -OCH3 is 1. The number of nitrogens with one attached hydrogen (secondary N) is 1. The van der Waals surface area contributed by atoms with E-state index in [0.29, 0.717) is 25.2 Å². The second-order valence-electron chi connectivity index (χ2n) is 5.54. The minimum Gasteiger partial charge on any atom is -0.380 e. The molecule has 112 valence electrons. The highest BCUT2D eigenvalue weighted by Gasteiger charge is 2.26. The fourth-order valence-electron chi connectivity index (χ4n) is 2.47. The molecule has 0 aromatic heterocycles. The lowest BCUT2D eigenvalue weighted by Crippen LogP contribution is -2.25. The van der Waals surface area contributed by atoms with Gasteiger partial charge in [0.25, 0.3) is 0 Å². The maximum atomic E-state index is 14.2. The molecule has 1 saturated heterocycles. The smallest absolute Gasteiger partial charge is 0.149 e. The highest BCUT2D eigenvalue weighted by atomic mass is 19.1. The maximum absolute atomic E-state index is 14.2. The van der Waals surface area contributed by atoms with Crippen LogP contribution in [0.25, 0.3) is 0 Å². The lowest BCUT2D eigenvalue weighted by atomic mass is 10.1. The molecule has 1 aromatic carbocycles. The average molecular weight is 284 g/mol. The van der Waals surface area contributed by atoms with Crippen molar-refractivity contribution in [3.63, 3.8) is 0 Å². The summed E-state index contributed by atoms with van der Waals surface area (Å²) in [5.74, 6) is -0.996. The third-order valence-electron chi connectivity index (χ3n) is 3.59. The normalized spacial score (nSPS) is 19.1. The molecular formula is C15H22F2N2O. The summed E-state index contributed by atoms with van der Waals surface area (Å²) in [6.07, 6.45) is 0.850. The van der Waals surface area contributed by atoms with Gasteiger partial charge < -0.3 is 15.0 Å². The molecule has 3 nitrogen and oxygen atoms in total. The molecule has 1 atom stereocenters. The summed E-state index contributed by atoms with van der Waals surface area (Å²) < 4.78 is 33.6. The number of ether oxygens (including phenoxy) is 1. The summed E-state index contributed by atoms with van der Waals surface area (Å²) in [5.41, 5.74) is 0.692. The Morgan fingerprint density at radius 2 is 2.00 bits per heavy atom. The van der Waals surface area contributed by atoms with Gasteiger partial charge in [0.2, 0.25) is 0 Å². The summed E-state index contributed by atoms with van der Waals surface area (Å²) in [4.78, 5) is 1.72. The van der Waals surface area contributed by atoms with Gasteiger partial charge in [-0.3, -0.25) is 0 Å². The van der Waals surface area contributed by atoms with Crippen LogP contribution in [0.2, 0.25) is 0 Å². The van der Waals surface area contributed by atoms with Gasteiger partial charge in [0.1, 0.15) is 17.3 Å². The van der Waals surface area contributed by atoms with Crippen LogP contribution in [-0.2, 0) is 11.3 Å². The third-order valence-corrected chi connectivity index (χ3v) is 3.59. The van der Waals surface area contributed by atoms with Crippen LogP contribution in [-0.4, -0.2) is 32.3 Å². The average Bonchev–Trinajstić information content (AvgIpc) is 2.84. The second kappa shape index (κ2) is 6.50. The minimum atomic E-state index is -0.498. The quantitative estimate of drug-likeness (QED) is 0.899. The first kappa shape index (κ1) is 15.2. The molecule has 1 fully saturated rings. The molecule has 20 heavy (non-hydrogen) atoms. The molecule has 0 spiro atoms. The number of benzene rings is 1. The largest absolute Gasteiger partial charge is 0.380 e. The van der Waals surface area contributed by atoms with Crippen LogP contribution in [0, 0.1) is 11.6 Å². The van der Waals surface area contributed by atoms with Crippen LogP contribution >= 0.6 is 0 Å². The van der Waals surface area contributed by atoms with Gasteiger partial charge in [0.05, 0.1) is 6.10 Å². The Morgan fingerprint density at radius 1 is 1.35 bits per heavy atom. The first-order valence-corrected chi connectivity index (χ1v) is 7.00. The van der Waals surface area contributed by atoms with Crippen LogP contribution in [0.1, 0.15) is 25.8 Å². The molecule has 1 heterocycles. The number of hydrogen-bond donors (Lipinski definition) is 1. The van der Waals surface area contributed by atoms with Crippen molar-refractivity contribution in [3.8, 4) is 0 Å². The van der Waals surface area contributed by atoms with E-state index in [9.17, 15) is 8.78 Å². The molecule has 1 aliphatic rings. The van der Waals surface area contributed by atoms with Crippen molar-refractivity contribution in [3.05, 3.63) is 29.3 Å². The molecule has 2 rings (SSSR count). The van der Waals surface area contributed by atoms with Crippen LogP contribution in [0.15, 0.2) is 12.1 Å². The lowest BCUT2D eigenvalue weighted by molar-refractivity contribution is 0.121. The van der Waals surface area contributed by atoms with E-state index in [1.54, 1.807) is 12.0 Å². The first-order chi connectivity index (χ1) is 9.51. The number of anilines is 1. The Hall–Kier alpha value is -1.20. The fourth-order valence-corrected chi connectivity index (χ4v) is 2.47. The van der Waals surface area contributed by atoms with Crippen LogP contribution in [0.3, 0.4) is 0 Å². The van der Waals surface area contributed by atoms with Crippen molar-refractivity contribution in [2.24, 2.45) is 0 Å². The van der Waals surface area contributed by atoms with Gasteiger partial charge in [0.15, 0.2) is 0 Å². The van der Waals surface area contributed by atoms with Gasteiger partial charge in [-0.15, -0.1) is 0 Å². The highest BCUT2D eigenvalue weighted by molar-refractivity contribution is 5.51. The Bertz CT molecular complexity index is 442. The maximum Gasteiger partial charge on any atom is 0.149 e. The molecule has 0 aliphatic carbocycles. The third kappa shape index (κ3) is 3.46. The number of rotatable bonds is 5. The van der Waals surface area contributed by atoms with Crippen molar-refractivity contribution in [2.45, 2.75) is 39.0 Å². The summed E-state index contributed by atoms with van der Waals surface area (Å²) in [6, 6.07) is 3.10. The molecule has 1 aliphatic heterocycles. The van der Waals surface area contributed by atoms with Gasteiger partial charge in [-0.2, -0.15) is 0 Å². The van der Waals surface area contributed by atoms with Gasteiger partial charge in [-0.1, -0.05) is 13.8 Å². The molecule has 0 radical (unpaired) electrons. The highest BCUT2D eigenvalue weighted by Crippen LogP contribution is 2.28. The summed E-state index contributed by atoms with van der Waals surface area (Å²) in [7, 11) is 1.63. The number of halogens is 2. The Morgan fingerprint density at radius 3 is 2.50 bits per heavy atom. The standard InChI is InChI=1S/C15H22F2N2O/c1-10(2)18-8-11-6-13(16)15(14(17)7-11)19-5-4-12(9-19)20-3/h6-7,10,12,18H,4-5,8-9H2,1-3H3. The van der Waals surface area contributed by atoms with E-state index < -0.39 is 11.6 Å². The second-order valence-corrected chi connectivity index (χ2v) is 5.54. The molecule has 1 N–H and O–H groups in total. The Balaban J connectivity index is 2.15. The van der Waals surface area contributed by atoms with E-state index in [0.717, 1.165) is 6.42 Å². The molecule has 1 aromatic rings. The van der Waals surface area contributed by atoms with Crippen LogP contribution in [0.4, 0.5) is 14.5 Å². The van der Waals surface area contributed by atoms with Crippen molar-refractivity contribution in [1.29, 1.82) is 0 Å². The monoisotopic (exact) mass is 284 g/mol. The van der Waals surface area contributed by atoms with Gasteiger partial charge in [0, 0.05) is 32.8 Å². The van der Waals surface area contributed by atoms with E-state index in [4.69, 9.17) is 4.74 Å². The van der Waals surface area contributed by atoms with E-state index in [-0.39, 0.29) is 17.8 Å². The predicted octanol–water partition coefficient (Wildman–Crippen LogP) is 2.69. The summed E-state index contributed by atoms with van der Waals surface area (Å²) >= 11 is 0. The van der Waals surface area contributed by atoms with Crippen molar-refractivity contribution < 1.29 is 13.5 Å². The molecule has 0 saturated carbocycles. The van der Waals surface area contributed by atoms with Gasteiger partial charge in [-0.25, -0.2) is 8.78 Å². The molecule has 0 bridgehead atoms. The predicted molar refractivity (Wildman–Crippen MR) is 76.0 cm³/mol. The van der Waals surface area contributed by atoms with E-state index >= 15 is 0 Å². The number of nitrogens with zero attached hydrogens (tertiary/aromatic N) is 1. The minimum absolute atomic E-state index is 0.0519. The lowest BCUT2D eigenvalue weighted by Gasteiger charge is -2.20. The SMILES string of the molecule is COC1CCN(c2c(F)cc(CNC(C)C)cc2F)C1. The van der Waals surface area contributed by atoms with Crippen LogP contribution in [0.5, 0.6) is 0 Å². The summed E-state index contributed by atoms with van der Waals surface area (Å²) in [6.45, 7) is 5.61. The molecule has 0 amide bonds. The summed E-state index contributed by atoms with van der Waals surface area (Å²) in [5, 5.41) is 3.15. The Kier molecular flexibility index (Phi) is 4.94. The van der Waals surface area contributed by atoms with Gasteiger partial charge >= 0.3 is 0 Å². The van der Waals surface area contributed by atoms with Crippen LogP contribution < -0.4 is 10.2 Å². The van der Waals surface area contributed by atoms with E-state index in [2.05, 4.69) is 5.32 Å². The van der Waals surface area contributed by atoms with Crippen molar-refractivity contribution >= 4 is 5.69 Å². The fraction of sp³-hybridized carbons (Fsp3) is 0.600. The van der Waals surface area contributed by atoms with Gasteiger partial charge in [-0.05, 0) is 24.1 Å². The first-order valence-electron chi connectivity index (χ1n) is 7.00. The van der Waals surface area contributed by atoms with Crippen molar-refractivity contribution in [1.82, 2.24) is 5.32 Å².